The molecule has 5 heteroatoms. The number of Topliss-reactive ketones (excluding diaryl/α,β-unsaturated/α-hetero) is 1. The van der Waals surface area contributed by atoms with Crippen LogP contribution in [0.4, 0.5) is 0 Å². The van der Waals surface area contributed by atoms with E-state index in [2.05, 4.69) is 9.98 Å². The number of nitrogens with one attached hydrogen (secondary N) is 1. The summed E-state index contributed by atoms with van der Waals surface area (Å²) in [7, 11) is 0. The Morgan fingerprint density at radius 2 is 2.04 bits per heavy atom. The molecule has 0 aliphatic rings. The Balaban J connectivity index is 1.34. The van der Waals surface area contributed by atoms with Crippen LogP contribution in [0.25, 0.3) is 22.2 Å². The molecule has 0 unspecified atom stereocenters. The standard InChI is InChI=1S/C22H18N2O3/c25-18(14-23-13-17-5-2-7-21-20(17)9-10-24-21)15-27-19-6-1-4-16(12-19)22-8-3-11-26-22/h1-13,24H,14-15H2. The number of rotatable bonds is 7. The molecule has 4 aromatic rings. The van der Waals surface area contributed by atoms with Gasteiger partial charge < -0.3 is 14.1 Å². The Bertz CT molecular complexity index is 1080. The van der Waals surface area contributed by atoms with Crippen molar-refractivity contribution in [2.75, 3.05) is 13.2 Å². The summed E-state index contributed by atoms with van der Waals surface area (Å²) in [4.78, 5) is 19.5. The maximum Gasteiger partial charge on any atom is 0.191 e. The molecule has 0 amide bonds. The van der Waals surface area contributed by atoms with Crippen LogP contribution in [-0.4, -0.2) is 30.1 Å². The minimum Gasteiger partial charge on any atom is -0.486 e. The van der Waals surface area contributed by atoms with Gasteiger partial charge in [0.2, 0.25) is 0 Å². The molecule has 0 fully saturated rings. The third kappa shape index (κ3) is 3.98. The van der Waals surface area contributed by atoms with Crippen LogP contribution < -0.4 is 4.74 Å². The molecule has 0 bridgehead atoms. The van der Waals surface area contributed by atoms with Crippen LogP contribution in [0.2, 0.25) is 0 Å². The summed E-state index contributed by atoms with van der Waals surface area (Å²) in [5.74, 6) is 1.30. The van der Waals surface area contributed by atoms with Crippen molar-refractivity contribution < 1.29 is 13.9 Å². The van der Waals surface area contributed by atoms with Gasteiger partial charge in [-0.3, -0.25) is 9.79 Å². The predicted molar refractivity (Wildman–Crippen MR) is 105 cm³/mol. The number of carbonyl (C=O) groups excluding carboxylic acids is 1. The highest BCUT2D eigenvalue weighted by Gasteiger charge is 2.05. The molecule has 0 spiro atoms. The lowest BCUT2D eigenvalue weighted by Crippen LogP contribution is -2.14. The van der Waals surface area contributed by atoms with Gasteiger partial charge in [-0.1, -0.05) is 24.3 Å². The van der Waals surface area contributed by atoms with Crippen molar-refractivity contribution in [2.45, 2.75) is 0 Å². The van der Waals surface area contributed by atoms with Gasteiger partial charge in [0.15, 0.2) is 5.78 Å². The minimum atomic E-state index is -0.0871. The first kappa shape index (κ1) is 16.8. The van der Waals surface area contributed by atoms with Crippen LogP contribution >= 0.6 is 0 Å². The molecule has 1 N–H and O–H groups in total. The number of furan rings is 1. The number of ether oxygens (including phenoxy) is 1. The number of aliphatic imine (C=N–C) groups is 1. The highest BCUT2D eigenvalue weighted by molar-refractivity contribution is 5.99. The average Bonchev–Trinajstić information content (AvgIpc) is 3.39. The van der Waals surface area contributed by atoms with Gasteiger partial charge in [-0.25, -0.2) is 0 Å². The predicted octanol–water partition coefficient (Wildman–Crippen LogP) is 4.49. The molecule has 2 aromatic heterocycles. The lowest BCUT2D eigenvalue weighted by atomic mass is 10.1. The third-order valence-corrected chi connectivity index (χ3v) is 4.17. The highest BCUT2D eigenvalue weighted by Crippen LogP contribution is 2.24. The second-order valence-corrected chi connectivity index (χ2v) is 6.09. The lowest BCUT2D eigenvalue weighted by Gasteiger charge is -2.06. The number of benzene rings is 2. The summed E-state index contributed by atoms with van der Waals surface area (Å²) in [6, 6.07) is 19.1. The fraction of sp³-hybridized carbons (Fsp3) is 0.0909. The monoisotopic (exact) mass is 358 g/mol. The fourth-order valence-corrected chi connectivity index (χ4v) is 2.86. The zero-order chi connectivity index (χ0) is 18.5. The van der Waals surface area contributed by atoms with Crippen molar-refractivity contribution in [1.82, 2.24) is 4.98 Å². The summed E-state index contributed by atoms with van der Waals surface area (Å²) in [5, 5.41) is 1.08. The van der Waals surface area contributed by atoms with E-state index in [9.17, 15) is 4.79 Å². The van der Waals surface area contributed by atoms with Crippen molar-refractivity contribution in [1.29, 1.82) is 0 Å². The molecule has 0 radical (unpaired) electrons. The number of hydrogen-bond acceptors (Lipinski definition) is 4. The number of hydrogen-bond donors (Lipinski definition) is 1. The fourth-order valence-electron chi connectivity index (χ4n) is 2.86. The number of H-pyrrole nitrogens is 1. The molecule has 2 heterocycles. The third-order valence-electron chi connectivity index (χ3n) is 4.17. The van der Waals surface area contributed by atoms with E-state index >= 15 is 0 Å². The van der Waals surface area contributed by atoms with Gasteiger partial charge in [0, 0.05) is 34.4 Å². The van der Waals surface area contributed by atoms with E-state index in [4.69, 9.17) is 9.15 Å². The number of aromatic amines is 1. The summed E-state index contributed by atoms with van der Waals surface area (Å²) in [5.41, 5.74) is 2.93. The molecule has 0 saturated heterocycles. The molecule has 134 valence electrons. The molecular formula is C22H18N2O3. The molecule has 2 aromatic carbocycles. The van der Waals surface area contributed by atoms with Crippen LogP contribution in [-0.2, 0) is 4.79 Å². The van der Waals surface area contributed by atoms with E-state index in [1.807, 2.05) is 66.9 Å². The van der Waals surface area contributed by atoms with Crippen LogP contribution in [0.1, 0.15) is 5.56 Å². The Morgan fingerprint density at radius 1 is 1.11 bits per heavy atom. The minimum absolute atomic E-state index is 0.0205. The first-order valence-corrected chi connectivity index (χ1v) is 8.64. The largest absolute Gasteiger partial charge is 0.486 e. The smallest absolute Gasteiger partial charge is 0.191 e. The van der Waals surface area contributed by atoms with Crippen molar-refractivity contribution in [3.05, 3.63) is 78.7 Å². The average molecular weight is 358 g/mol. The Morgan fingerprint density at radius 3 is 2.93 bits per heavy atom. The van der Waals surface area contributed by atoms with E-state index in [1.54, 1.807) is 12.5 Å². The van der Waals surface area contributed by atoms with Crippen molar-refractivity contribution in [3.63, 3.8) is 0 Å². The summed E-state index contributed by atoms with van der Waals surface area (Å²) < 4.78 is 11.0. The number of carbonyl (C=O) groups is 1. The normalized spacial score (nSPS) is 11.3. The van der Waals surface area contributed by atoms with Gasteiger partial charge in [0.1, 0.15) is 24.7 Å². The van der Waals surface area contributed by atoms with E-state index in [0.29, 0.717) is 5.75 Å². The first-order valence-electron chi connectivity index (χ1n) is 8.64. The van der Waals surface area contributed by atoms with Gasteiger partial charge in [-0.2, -0.15) is 0 Å². The second-order valence-electron chi connectivity index (χ2n) is 6.09. The first-order chi connectivity index (χ1) is 13.3. The molecule has 4 rings (SSSR count). The molecule has 27 heavy (non-hydrogen) atoms. The molecule has 0 atom stereocenters. The molecular weight excluding hydrogens is 340 g/mol. The SMILES string of the molecule is O=C(CN=Cc1cccc2[nH]ccc12)COc1cccc(-c2ccco2)c1. The van der Waals surface area contributed by atoms with Crippen LogP contribution in [0.15, 0.2) is 82.5 Å². The maximum absolute atomic E-state index is 12.1. The van der Waals surface area contributed by atoms with Crippen LogP contribution in [0.3, 0.4) is 0 Å². The van der Waals surface area contributed by atoms with E-state index < -0.39 is 0 Å². The van der Waals surface area contributed by atoms with Crippen molar-refractivity contribution >= 4 is 22.9 Å². The van der Waals surface area contributed by atoms with Gasteiger partial charge in [-0.05, 0) is 36.4 Å². The van der Waals surface area contributed by atoms with Gasteiger partial charge in [-0.15, -0.1) is 0 Å². The second kappa shape index (κ2) is 7.74. The maximum atomic E-state index is 12.1. The Hall–Kier alpha value is -3.60. The lowest BCUT2D eigenvalue weighted by molar-refractivity contribution is -0.119. The highest BCUT2D eigenvalue weighted by atomic mass is 16.5. The molecule has 5 nitrogen and oxygen atoms in total. The topological polar surface area (TPSA) is 67.6 Å². The quantitative estimate of drug-likeness (QED) is 0.495. The van der Waals surface area contributed by atoms with E-state index in [0.717, 1.165) is 27.8 Å². The van der Waals surface area contributed by atoms with Gasteiger partial charge in [0.25, 0.3) is 0 Å². The Kier molecular flexibility index (Phi) is 4.83. The zero-order valence-corrected chi connectivity index (χ0v) is 14.6. The van der Waals surface area contributed by atoms with Crippen molar-refractivity contribution in [3.8, 4) is 17.1 Å². The van der Waals surface area contributed by atoms with Crippen LogP contribution in [0.5, 0.6) is 5.75 Å². The molecule has 0 saturated carbocycles. The van der Waals surface area contributed by atoms with Gasteiger partial charge in [0.05, 0.1) is 6.26 Å². The zero-order valence-electron chi connectivity index (χ0n) is 14.6. The summed E-state index contributed by atoms with van der Waals surface area (Å²) in [6.07, 6.45) is 5.24. The van der Waals surface area contributed by atoms with E-state index in [-0.39, 0.29) is 18.9 Å². The Labute approximate surface area is 156 Å². The number of aromatic nitrogens is 1. The number of nitrogens with zero attached hydrogens (tertiary/aromatic N) is 1. The van der Waals surface area contributed by atoms with E-state index in [1.165, 1.54) is 0 Å². The molecule has 0 aliphatic heterocycles. The molecule has 0 aliphatic carbocycles. The number of ketones is 1. The van der Waals surface area contributed by atoms with Crippen molar-refractivity contribution in [2.24, 2.45) is 4.99 Å². The van der Waals surface area contributed by atoms with Crippen LogP contribution in [0, 0.1) is 0 Å². The van der Waals surface area contributed by atoms with Gasteiger partial charge >= 0.3 is 0 Å². The number of fused-ring (bicyclic) bond motifs is 1. The summed E-state index contributed by atoms with van der Waals surface area (Å²) >= 11 is 0. The summed E-state index contributed by atoms with van der Waals surface area (Å²) in [6.45, 7) is 0.0615.